The van der Waals surface area contributed by atoms with Crippen LogP contribution in [0.3, 0.4) is 0 Å². The third-order valence-corrected chi connectivity index (χ3v) is 3.42. The van der Waals surface area contributed by atoms with Crippen molar-refractivity contribution in [2.45, 2.75) is 24.9 Å². The normalized spacial score (nSPS) is 25.6. The van der Waals surface area contributed by atoms with Crippen LogP contribution in [0, 0.1) is 0 Å². The summed E-state index contributed by atoms with van der Waals surface area (Å²) in [5, 5.41) is 0. The largest absolute Gasteiger partial charge is 0.497 e. The Balaban J connectivity index is 2.27. The first kappa shape index (κ1) is 12.9. The Hall–Kier alpha value is -1.55. The van der Waals surface area contributed by atoms with E-state index in [-0.39, 0.29) is 12.1 Å². The molecule has 2 atom stereocenters. The molecule has 2 rings (SSSR count). The molecule has 4 nitrogen and oxygen atoms in total. The van der Waals surface area contributed by atoms with Gasteiger partial charge in [0.2, 0.25) is 0 Å². The highest BCUT2D eigenvalue weighted by molar-refractivity contribution is 5.88. The van der Waals surface area contributed by atoms with E-state index in [1.54, 1.807) is 7.11 Å². The van der Waals surface area contributed by atoms with E-state index in [9.17, 15) is 4.79 Å². The van der Waals surface area contributed by atoms with Gasteiger partial charge in [-0.3, -0.25) is 4.79 Å². The molecule has 1 saturated carbocycles. The fourth-order valence-electron chi connectivity index (χ4n) is 2.34. The summed E-state index contributed by atoms with van der Waals surface area (Å²) in [4.78, 5) is 12.0. The molecule has 4 heteroatoms. The predicted octanol–water partition coefficient (Wildman–Crippen LogP) is 1.91. The average molecular weight is 250 g/mol. The molecular formula is C14H18O4. The van der Waals surface area contributed by atoms with Crippen molar-refractivity contribution in [3.05, 3.63) is 29.8 Å². The SMILES string of the molecule is CCOC1CC1(C(=O)OC)c1ccc(OC)cc1. The highest BCUT2D eigenvalue weighted by atomic mass is 16.5. The van der Waals surface area contributed by atoms with Crippen LogP contribution < -0.4 is 4.74 Å². The Morgan fingerprint density at radius 2 is 2.00 bits per heavy atom. The van der Waals surface area contributed by atoms with Gasteiger partial charge in [-0.1, -0.05) is 12.1 Å². The molecule has 98 valence electrons. The molecule has 2 unspecified atom stereocenters. The minimum atomic E-state index is -0.628. The molecule has 0 spiro atoms. The predicted molar refractivity (Wildman–Crippen MR) is 66.7 cm³/mol. The second-order valence-corrected chi connectivity index (χ2v) is 4.34. The number of carbonyl (C=O) groups is 1. The maximum Gasteiger partial charge on any atom is 0.319 e. The maximum absolute atomic E-state index is 12.0. The maximum atomic E-state index is 12.0. The molecule has 0 aromatic heterocycles. The van der Waals surface area contributed by atoms with E-state index < -0.39 is 5.41 Å². The van der Waals surface area contributed by atoms with Gasteiger partial charge in [-0.2, -0.15) is 0 Å². The van der Waals surface area contributed by atoms with Crippen molar-refractivity contribution in [3.63, 3.8) is 0 Å². The smallest absolute Gasteiger partial charge is 0.319 e. The van der Waals surface area contributed by atoms with Crippen LogP contribution in [0.1, 0.15) is 18.9 Å². The van der Waals surface area contributed by atoms with Crippen molar-refractivity contribution in [1.29, 1.82) is 0 Å². The molecule has 1 aliphatic rings. The van der Waals surface area contributed by atoms with Gasteiger partial charge in [0.25, 0.3) is 0 Å². The summed E-state index contributed by atoms with van der Waals surface area (Å²) >= 11 is 0. The number of methoxy groups -OCH3 is 2. The number of rotatable bonds is 5. The van der Waals surface area contributed by atoms with Gasteiger partial charge >= 0.3 is 5.97 Å². The number of hydrogen-bond donors (Lipinski definition) is 0. The Morgan fingerprint density at radius 1 is 1.33 bits per heavy atom. The van der Waals surface area contributed by atoms with Crippen molar-refractivity contribution >= 4 is 5.97 Å². The second-order valence-electron chi connectivity index (χ2n) is 4.34. The zero-order chi connectivity index (χ0) is 13.2. The van der Waals surface area contributed by atoms with E-state index in [0.717, 1.165) is 11.3 Å². The van der Waals surface area contributed by atoms with E-state index in [2.05, 4.69) is 0 Å². The fourth-order valence-corrected chi connectivity index (χ4v) is 2.34. The van der Waals surface area contributed by atoms with Gasteiger partial charge in [-0.25, -0.2) is 0 Å². The summed E-state index contributed by atoms with van der Waals surface area (Å²) in [6.45, 7) is 2.52. The van der Waals surface area contributed by atoms with Gasteiger partial charge in [-0.15, -0.1) is 0 Å². The van der Waals surface area contributed by atoms with Crippen LogP contribution in [0.5, 0.6) is 5.75 Å². The molecule has 0 radical (unpaired) electrons. The first-order valence-corrected chi connectivity index (χ1v) is 6.03. The van der Waals surface area contributed by atoms with Crippen molar-refractivity contribution in [2.75, 3.05) is 20.8 Å². The summed E-state index contributed by atoms with van der Waals surface area (Å²) in [6, 6.07) is 7.49. The van der Waals surface area contributed by atoms with Crippen molar-refractivity contribution in [1.82, 2.24) is 0 Å². The molecule has 0 saturated heterocycles. The Morgan fingerprint density at radius 3 is 2.50 bits per heavy atom. The van der Waals surface area contributed by atoms with Gasteiger partial charge in [0.15, 0.2) is 0 Å². The lowest BCUT2D eigenvalue weighted by Crippen LogP contribution is -2.27. The molecule has 1 aromatic carbocycles. The summed E-state index contributed by atoms with van der Waals surface area (Å²) in [5.41, 5.74) is 0.297. The zero-order valence-electron chi connectivity index (χ0n) is 10.9. The minimum Gasteiger partial charge on any atom is -0.497 e. The third-order valence-electron chi connectivity index (χ3n) is 3.42. The molecule has 1 aliphatic carbocycles. The number of hydrogen-bond acceptors (Lipinski definition) is 4. The van der Waals surface area contributed by atoms with E-state index in [1.165, 1.54) is 7.11 Å². The lowest BCUT2D eigenvalue weighted by molar-refractivity contribution is -0.145. The van der Waals surface area contributed by atoms with Crippen LogP contribution in [0.25, 0.3) is 0 Å². The van der Waals surface area contributed by atoms with Gasteiger partial charge in [0.05, 0.1) is 20.3 Å². The number of benzene rings is 1. The monoisotopic (exact) mass is 250 g/mol. The highest BCUT2D eigenvalue weighted by Gasteiger charge is 2.63. The van der Waals surface area contributed by atoms with Crippen LogP contribution in [-0.4, -0.2) is 32.9 Å². The van der Waals surface area contributed by atoms with Crippen LogP contribution in [0.2, 0.25) is 0 Å². The zero-order valence-corrected chi connectivity index (χ0v) is 10.9. The van der Waals surface area contributed by atoms with Crippen LogP contribution in [0.4, 0.5) is 0 Å². The Bertz CT molecular complexity index is 426. The number of esters is 1. The second kappa shape index (κ2) is 4.98. The fraction of sp³-hybridized carbons (Fsp3) is 0.500. The van der Waals surface area contributed by atoms with Gasteiger partial charge in [-0.05, 0) is 31.0 Å². The quantitative estimate of drug-likeness (QED) is 0.749. The van der Waals surface area contributed by atoms with E-state index in [0.29, 0.717) is 13.0 Å². The summed E-state index contributed by atoms with van der Waals surface area (Å²) in [6.07, 6.45) is 0.600. The molecule has 18 heavy (non-hydrogen) atoms. The summed E-state index contributed by atoms with van der Waals surface area (Å²) < 4.78 is 15.6. The van der Waals surface area contributed by atoms with E-state index in [4.69, 9.17) is 14.2 Å². The Kier molecular flexibility index (Phi) is 3.57. The van der Waals surface area contributed by atoms with Gasteiger partial charge in [0.1, 0.15) is 11.2 Å². The van der Waals surface area contributed by atoms with Crippen LogP contribution >= 0.6 is 0 Å². The molecular weight excluding hydrogens is 232 g/mol. The molecule has 0 aliphatic heterocycles. The van der Waals surface area contributed by atoms with Gasteiger partial charge in [0, 0.05) is 6.61 Å². The first-order chi connectivity index (χ1) is 8.68. The van der Waals surface area contributed by atoms with E-state index in [1.807, 2.05) is 31.2 Å². The summed E-state index contributed by atoms with van der Waals surface area (Å²) in [5.74, 6) is 0.540. The Labute approximate surface area is 107 Å². The number of carbonyl (C=O) groups excluding carboxylic acids is 1. The molecule has 0 bridgehead atoms. The molecule has 0 N–H and O–H groups in total. The lowest BCUT2D eigenvalue weighted by atomic mass is 9.95. The average Bonchev–Trinajstić information content (AvgIpc) is 3.14. The van der Waals surface area contributed by atoms with E-state index >= 15 is 0 Å². The van der Waals surface area contributed by atoms with Crippen molar-refractivity contribution < 1.29 is 19.0 Å². The van der Waals surface area contributed by atoms with Crippen LogP contribution in [0.15, 0.2) is 24.3 Å². The number of ether oxygens (including phenoxy) is 3. The first-order valence-electron chi connectivity index (χ1n) is 6.03. The standard InChI is InChI=1S/C14H18O4/c1-4-18-12-9-14(12,13(15)17-3)10-5-7-11(16-2)8-6-10/h5-8,12H,4,9H2,1-3H3. The third kappa shape index (κ3) is 1.97. The molecule has 1 aromatic rings. The molecule has 1 fully saturated rings. The summed E-state index contributed by atoms with van der Waals surface area (Å²) in [7, 11) is 3.03. The van der Waals surface area contributed by atoms with Gasteiger partial charge < -0.3 is 14.2 Å². The topological polar surface area (TPSA) is 44.8 Å². The van der Waals surface area contributed by atoms with Crippen molar-refractivity contribution in [3.8, 4) is 5.75 Å². The highest BCUT2D eigenvalue weighted by Crippen LogP contribution is 2.51. The van der Waals surface area contributed by atoms with Crippen molar-refractivity contribution in [2.24, 2.45) is 0 Å². The minimum absolute atomic E-state index is 0.0802. The van der Waals surface area contributed by atoms with Crippen LogP contribution in [-0.2, 0) is 19.7 Å². The molecule has 0 heterocycles. The molecule has 0 amide bonds. The lowest BCUT2D eigenvalue weighted by Gasteiger charge is -2.15.